The third-order valence-corrected chi connectivity index (χ3v) is 6.46. The zero-order valence-electron chi connectivity index (χ0n) is 18.8. The SMILES string of the molecule is CN(C(=O)C[C@]1(c2ccccc2)CC(=O)N(CCCOc2cccnc2)C1=O)[C@H]1CCOC1. The van der Waals surface area contributed by atoms with E-state index in [1.807, 2.05) is 30.3 Å². The Hall–Kier alpha value is -3.26. The zero-order valence-corrected chi connectivity index (χ0v) is 18.8. The lowest BCUT2D eigenvalue weighted by molar-refractivity contribution is -0.143. The summed E-state index contributed by atoms with van der Waals surface area (Å²) in [6.45, 7) is 1.71. The van der Waals surface area contributed by atoms with Gasteiger partial charge in [0.2, 0.25) is 17.7 Å². The molecule has 1 aromatic carbocycles. The largest absolute Gasteiger partial charge is 0.492 e. The molecule has 0 saturated carbocycles. The van der Waals surface area contributed by atoms with Gasteiger partial charge >= 0.3 is 0 Å². The molecule has 8 heteroatoms. The van der Waals surface area contributed by atoms with Crippen molar-refractivity contribution in [2.75, 3.05) is 33.4 Å². The minimum atomic E-state index is -1.19. The molecule has 0 N–H and O–H groups in total. The van der Waals surface area contributed by atoms with E-state index in [2.05, 4.69) is 4.98 Å². The summed E-state index contributed by atoms with van der Waals surface area (Å²) in [7, 11) is 1.75. The van der Waals surface area contributed by atoms with Gasteiger partial charge in [-0.2, -0.15) is 0 Å². The summed E-state index contributed by atoms with van der Waals surface area (Å²) in [5.41, 5.74) is -0.491. The van der Waals surface area contributed by atoms with Crippen molar-refractivity contribution in [3.63, 3.8) is 0 Å². The van der Waals surface area contributed by atoms with Crippen LogP contribution in [0.2, 0.25) is 0 Å². The van der Waals surface area contributed by atoms with E-state index in [-0.39, 0.29) is 43.1 Å². The summed E-state index contributed by atoms with van der Waals surface area (Å²) in [5, 5.41) is 0. The van der Waals surface area contributed by atoms with Crippen molar-refractivity contribution < 1.29 is 23.9 Å². The van der Waals surface area contributed by atoms with Crippen molar-refractivity contribution in [1.29, 1.82) is 0 Å². The average Bonchev–Trinajstić information content (AvgIpc) is 3.46. The number of amides is 3. The number of nitrogens with zero attached hydrogens (tertiary/aromatic N) is 3. The third kappa shape index (κ3) is 4.90. The number of rotatable bonds is 9. The average molecular weight is 452 g/mol. The highest BCUT2D eigenvalue weighted by Crippen LogP contribution is 2.40. The van der Waals surface area contributed by atoms with E-state index in [0.717, 1.165) is 6.42 Å². The Kier molecular flexibility index (Phi) is 7.03. The second-order valence-corrected chi connectivity index (χ2v) is 8.57. The van der Waals surface area contributed by atoms with E-state index in [4.69, 9.17) is 9.47 Å². The van der Waals surface area contributed by atoms with Gasteiger partial charge in [0.1, 0.15) is 5.75 Å². The number of benzene rings is 1. The van der Waals surface area contributed by atoms with E-state index < -0.39 is 5.41 Å². The molecule has 2 saturated heterocycles. The lowest BCUT2D eigenvalue weighted by Crippen LogP contribution is -2.45. The lowest BCUT2D eigenvalue weighted by atomic mass is 9.75. The maximum atomic E-state index is 13.6. The number of imide groups is 1. The summed E-state index contributed by atoms with van der Waals surface area (Å²) < 4.78 is 11.1. The molecule has 2 atom stereocenters. The molecule has 0 radical (unpaired) electrons. The van der Waals surface area contributed by atoms with E-state index in [9.17, 15) is 14.4 Å². The van der Waals surface area contributed by atoms with Crippen LogP contribution in [0, 0.1) is 0 Å². The molecular weight excluding hydrogens is 422 g/mol. The van der Waals surface area contributed by atoms with Crippen LogP contribution >= 0.6 is 0 Å². The first kappa shape index (κ1) is 22.9. The minimum absolute atomic E-state index is 0.00161. The summed E-state index contributed by atoms with van der Waals surface area (Å²) >= 11 is 0. The normalized spacial score (nSPS) is 22.6. The van der Waals surface area contributed by atoms with Crippen LogP contribution in [0.4, 0.5) is 0 Å². The van der Waals surface area contributed by atoms with E-state index in [1.165, 1.54) is 4.90 Å². The first-order valence-electron chi connectivity index (χ1n) is 11.3. The summed E-state index contributed by atoms with van der Waals surface area (Å²) in [6.07, 6.45) is 4.48. The van der Waals surface area contributed by atoms with Gasteiger partial charge in [0.15, 0.2) is 0 Å². The van der Waals surface area contributed by atoms with Crippen molar-refractivity contribution in [1.82, 2.24) is 14.8 Å². The number of carbonyl (C=O) groups excluding carboxylic acids is 3. The number of ether oxygens (including phenoxy) is 2. The molecule has 1 aromatic heterocycles. The van der Waals surface area contributed by atoms with E-state index in [1.54, 1.807) is 36.5 Å². The van der Waals surface area contributed by atoms with Crippen LogP contribution in [-0.4, -0.2) is 72.0 Å². The smallest absolute Gasteiger partial charge is 0.240 e. The molecular formula is C25H29N3O5. The molecule has 2 aliphatic rings. The first-order chi connectivity index (χ1) is 16.0. The molecule has 0 unspecified atom stereocenters. The molecule has 2 aromatic rings. The van der Waals surface area contributed by atoms with Crippen LogP contribution in [0.15, 0.2) is 54.9 Å². The van der Waals surface area contributed by atoms with Crippen LogP contribution in [0.5, 0.6) is 5.75 Å². The molecule has 174 valence electrons. The van der Waals surface area contributed by atoms with Gasteiger partial charge in [-0.15, -0.1) is 0 Å². The Morgan fingerprint density at radius 2 is 2.06 bits per heavy atom. The molecule has 0 bridgehead atoms. The molecule has 3 heterocycles. The van der Waals surface area contributed by atoms with E-state index in [0.29, 0.717) is 37.6 Å². The van der Waals surface area contributed by atoms with Crippen molar-refractivity contribution in [3.05, 3.63) is 60.4 Å². The fraction of sp³-hybridized carbons (Fsp3) is 0.440. The fourth-order valence-corrected chi connectivity index (χ4v) is 4.51. The van der Waals surface area contributed by atoms with Crippen molar-refractivity contribution in [3.8, 4) is 5.75 Å². The highest BCUT2D eigenvalue weighted by molar-refractivity contribution is 6.10. The second-order valence-electron chi connectivity index (χ2n) is 8.57. The highest BCUT2D eigenvalue weighted by Gasteiger charge is 2.54. The van der Waals surface area contributed by atoms with Crippen LogP contribution in [0.3, 0.4) is 0 Å². The summed E-state index contributed by atoms with van der Waals surface area (Å²) in [5.74, 6) is -0.0913. The summed E-state index contributed by atoms with van der Waals surface area (Å²) in [4.78, 5) is 46.7. The number of carbonyl (C=O) groups is 3. The van der Waals surface area contributed by atoms with Crippen LogP contribution < -0.4 is 4.74 Å². The molecule has 2 fully saturated rings. The number of hydrogen-bond acceptors (Lipinski definition) is 6. The van der Waals surface area contributed by atoms with Gasteiger partial charge in [-0.3, -0.25) is 24.3 Å². The first-order valence-corrected chi connectivity index (χ1v) is 11.3. The predicted octanol–water partition coefficient (Wildman–Crippen LogP) is 2.18. The topological polar surface area (TPSA) is 89.0 Å². The quantitative estimate of drug-likeness (QED) is 0.429. The number of hydrogen-bond donors (Lipinski definition) is 0. The van der Waals surface area contributed by atoms with Crippen molar-refractivity contribution in [2.24, 2.45) is 0 Å². The maximum Gasteiger partial charge on any atom is 0.240 e. The molecule has 33 heavy (non-hydrogen) atoms. The molecule has 3 amide bonds. The predicted molar refractivity (Wildman–Crippen MR) is 120 cm³/mol. The Morgan fingerprint density at radius 1 is 1.24 bits per heavy atom. The van der Waals surface area contributed by atoms with Crippen LogP contribution in [-0.2, 0) is 24.5 Å². The van der Waals surface area contributed by atoms with Crippen LogP contribution in [0.25, 0.3) is 0 Å². The molecule has 0 spiro atoms. The van der Waals surface area contributed by atoms with Gasteiger partial charge in [0.25, 0.3) is 0 Å². The minimum Gasteiger partial charge on any atom is -0.492 e. The van der Waals surface area contributed by atoms with Crippen molar-refractivity contribution in [2.45, 2.75) is 37.1 Å². The third-order valence-electron chi connectivity index (χ3n) is 6.46. The fourth-order valence-electron chi connectivity index (χ4n) is 4.51. The van der Waals surface area contributed by atoms with Crippen LogP contribution in [0.1, 0.15) is 31.2 Å². The van der Waals surface area contributed by atoms with Gasteiger partial charge in [-0.05, 0) is 30.5 Å². The van der Waals surface area contributed by atoms with Crippen molar-refractivity contribution >= 4 is 17.7 Å². The lowest BCUT2D eigenvalue weighted by Gasteiger charge is -2.31. The Bertz CT molecular complexity index is 978. The van der Waals surface area contributed by atoms with Gasteiger partial charge in [0.05, 0.1) is 30.9 Å². The molecule has 2 aliphatic heterocycles. The molecule has 4 rings (SSSR count). The number of likely N-dealkylation sites (tertiary alicyclic amines) is 1. The highest BCUT2D eigenvalue weighted by atomic mass is 16.5. The maximum absolute atomic E-state index is 13.6. The number of aromatic nitrogens is 1. The Labute approximate surface area is 193 Å². The second kappa shape index (κ2) is 10.1. The molecule has 0 aliphatic carbocycles. The monoisotopic (exact) mass is 451 g/mol. The van der Waals surface area contributed by atoms with Gasteiger partial charge in [-0.25, -0.2) is 0 Å². The van der Waals surface area contributed by atoms with E-state index >= 15 is 0 Å². The van der Waals surface area contributed by atoms with Gasteiger partial charge in [-0.1, -0.05) is 30.3 Å². The number of pyridine rings is 1. The number of likely N-dealkylation sites (N-methyl/N-ethyl adjacent to an activating group) is 1. The molecule has 8 nitrogen and oxygen atoms in total. The summed E-state index contributed by atoms with van der Waals surface area (Å²) in [6, 6.07) is 12.8. The van der Waals surface area contributed by atoms with Gasteiger partial charge in [0, 0.05) is 39.2 Å². The van der Waals surface area contributed by atoms with Gasteiger partial charge < -0.3 is 14.4 Å². The Balaban J connectivity index is 1.47. The zero-order chi connectivity index (χ0) is 23.3. The Morgan fingerprint density at radius 3 is 2.76 bits per heavy atom. The standard InChI is InChI=1S/C25H29N3O5/c1-27(20-10-14-32-18-20)22(29)15-25(19-7-3-2-4-8-19)16-23(30)28(24(25)31)12-6-13-33-21-9-5-11-26-17-21/h2-5,7-9,11,17,20H,6,10,12-16,18H2,1H3/t20-,25+/m0/s1.